The minimum atomic E-state index is -0.198. The third kappa shape index (κ3) is 3.45. The molecule has 0 radical (unpaired) electrons. The van der Waals surface area contributed by atoms with Crippen LogP contribution in [-0.2, 0) is 11.3 Å². The van der Waals surface area contributed by atoms with Crippen molar-refractivity contribution >= 4 is 23.1 Å². The molecule has 1 fully saturated rings. The van der Waals surface area contributed by atoms with E-state index in [1.165, 1.54) is 6.42 Å². The van der Waals surface area contributed by atoms with Gasteiger partial charge in [0.25, 0.3) is 5.91 Å². The molecule has 0 aromatic carbocycles. The van der Waals surface area contributed by atoms with Gasteiger partial charge in [-0.05, 0) is 37.7 Å². The maximum atomic E-state index is 12.1. The highest BCUT2D eigenvalue weighted by Crippen LogP contribution is 2.16. The smallest absolute Gasteiger partial charge is 0.269 e. The van der Waals surface area contributed by atoms with Crippen LogP contribution >= 0.6 is 11.5 Å². The van der Waals surface area contributed by atoms with Crippen molar-refractivity contribution in [3.63, 3.8) is 0 Å². The summed E-state index contributed by atoms with van der Waals surface area (Å²) in [5.41, 5.74) is 1.31. The number of hydrogen-bond acceptors (Lipinski definition) is 6. The number of rotatable bonds is 4. The van der Waals surface area contributed by atoms with Crippen LogP contribution in [0.25, 0.3) is 0 Å². The maximum absolute atomic E-state index is 12.1. The van der Waals surface area contributed by atoms with Gasteiger partial charge >= 0.3 is 0 Å². The predicted octanol–water partition coefficient (Wildman–Crippen LogP) is 1.86. The van der Waals surface area contributed by atoms with Crippen LogP contribution in [0.4, 0.5) is 5.69 Å². The van der Waals surface area contributed by atoms with Gasteiger partial charge in [0.2, 0.25) is 0 Å². The van der Waals surface area contributed by atoms with Gasteiger partial charge in [0.05, 0.1) is 30.2 Å². The van der Waals surface area contributed by atoms with Gasteiger partial charge in [0, 0.05) is 12.8 Å². The molecule has 2 aromatic heterocycles. The summed E-state index contributed by atoms with van der Waals surface area (Å²) in [6.07, 6.45) is 7.08. The van der Waals surface area contributed by atoms with Gasteiger partial charge in [0.1, 0.15) is 4.88 Å². The monoisotopic (exact) mass is 307 g/mol. The quantitative estimate of drug-likeness (QED) is 0.932. The Morgan fingerprint density at radius 3 is 3.19 bits per heavy atom. The van der Waals surface area contributed by atoms with Crippen LogP contribution in [0.5, 0.6) is 0 Å². The average molecular weight is 307 g/mol. The molecule has 112 valence electrons. The topological polar surface area (TPSA) is 81.9 Å². The summed E-state index contributed by atoms with van der Waals surface area (Å²) in [4.78, 5) is 12.6. The number of aromatic nitrogens is 4. The van der Waals surface area contributed by atoms with Crippen molar-refractivity contribution in [2.24, 2.45) is 0 Å². The van der Waals surface area contributed by atoms with E-state index in [4.69, 9.17) is 4.74 Å². The first kappa shape index (κ1) is 14.2. The lowest BCUT2D eigenvalue weighted by Gasteiger charge is -2.22. The SMILES string of the molecule is Cc1nnsc1C(=O)Nc1cnn(CC2CCCCO2)c1. The molecular formula is C13H17N5O2S. The molecule has 8 heteroatoms. The first-order valence-corrected chi connectivity index (χ1v) is 7.74. The van der Waals surface area contributed by atoms with E-state index in [1.54, 1.807) is 13.1 Å². The summed E-state index contributed by atoms with van der Waals surface area (Å²) < 4.78 is 11.3. The number of nitrogens with one attached hydrogen (secondary N) is 1. The molecule has 0 saturated carbocycles. The van der Waals surface area contributed by atoms with Gasteiger partial charge in [-0.2, -0.15) is 5.10 Å². The van der Waals surface area contributed by atoms with Crippen molar-refractivity contribution in [1.29, 1.82) is 0 Å². The molecule has 1 aliphatic heterocycles. The van der Waals surface area contributed by atoms with Gasteiger partial charge in [-0.1, -0.05) is 4.49 Å². The van der Waals surface area contributed by atoms with Crippen molar-refractivity contribution < 1.29 is 9.53 Å². The van der Waals surface area contributed by atoms with Gasteiger partial charge in [-0.25, -0.2) is 0 Å². The van der Waals surface area contributed by atoms with E-state index in [9.17, 15) is 4.79 Å². The van der Waals surface area contributed by atoms with Crippen molar-refractivity contribution in [3.05, 3.63) is 23.0 Å². The Bertz CT molecular complexity index is 618. The molecule has 0 spiro atoms. The Hall–Kier alpha value is -1.80. The molecule has 21 heavy (non-hydrogen) atoms. The minimum absolute atomic E-state index is 0.198. The highest BCUT2D eigenvalue weighted by Gasteiger charge is 2.16. The van der Waals surface area contributed by atoms with Crippen LogP contribution in [0, 0.1) is 6.92 Å². The van der Waals surface area contributed by atoms with E-state index >= 15 is 0 Å². The van der Waals surface area contributed by atoms with E-state index in [1.807, 2.05) is 10.9 Å². The fraction of sp³-hybridized carbons (Fsp3) is 0.538. The molecule has 3 rings (SSSR count). The first-order valence-electron chi connectivity index (χ1n) is 6.97. The highest BCUT2D eigenvalue weighted by molar-refractivity contribution is 7.08. The normalized spacial score (nSPS) is 18.6. The van der Waals surface area contributed by atoms with E-state index in [2.05, 4.69) is 20.0 Å². The largest absolute Gasteiger partial charge is 0.376 e. The van der Waals surface area contributed by atoms with E-state index in [0.29, 0.717) is 16.3 Å². The Morgan fingerprint density at radius 2 is 2.48 bits per heavy atom. The summed E-state index contributed by atoms with van der Waals surface area (Å²) >= 11 is 1.09. The number of carbonyl (C=O) groups excluding carboxylic acids is 1. The zero-order valence-electron chi connectivity index (χ0n) is 11.8. The van der Waals surface area contributed by atoms with E-state index < -0.39 is 0 Å². The van der Waals surface area contributed by atoms with Crippen LogP contribution in [0.1, 0.15) is 34.6 Å². The zero-order chi connectivity index (χ0) is 14.7. The number of nitrogens with zero attached hydrogens (tertiary/aromatic N) is 4. The fourth-order valence-corrected chi connectivity index (χ4v) is 2.87. The summed E-state index contributed by atoms with van der Waals surface area (Å²) in [5, 5.41) is 10.9. The maximum Gasteiger partial charge on any atom is 0.269 e. The van der Waals surface area contributed by atoms with Gasteiger partial charge < -0.3 is 10.1 Å². The molecule has 1 unspecified atom stereocenters. The zero-order valence-corrected chi connectivity index (χ0v) is 12.6. The molecule has 1 atom stereocenters. The minimum Gasteiger partial charge on any atom is -0.376 e. The molecule has 7 nitrogen and oxygen atoms in total. The van der Waals surface area contributed by atoms with Gasteiger partial charge in [-0.3, -0.25) is 9.48 Å². The second-order valence-corrected chi connectivity index (χ2v) is 5.84. The molecule has 1 amide bonds. The van der Waals surface area contributed by atoms with Gasteiger partial charge in [0.15, 0.2) is 0 Å². The second kappa shape index (κ2) is 6.31. The van der Waals surface area contributed by atoms with Gasteiger partial charge in [-0.15, -0.1) is 5.10 Å². The Labute approximate surface area is 126 Å². The van der Waals surface area contributed by atoms with E-state index in [-0.39, 0.29) is 12.0 Å². The standard InChI is InChI=1S/C13H17N5O2S/c1-9-12(21-17-16-9)13(19)15-10-6-14-18(7-10)8-11-4-2-3-5-20-11/h6-7,11H,2-5,8H2,1H3,(H,15,19). The lowest BCUT2D eigenvalue weighted by atomic mass is 10.1. The lowest BCUT2D eigenvalue weighted by molar-refractivity contribution is 0.00401. The molecule has 3 heterocycles. The molecule has 1 N–H and O–H groups in total. The summed E-state index contributed by atoms with van der Waals surface area (Å²) in [7, 11) is 0. The number of hydrogen-bond donors (Lipinski definition) is 1. The third-order valence-electron chi connectivity index (χ3n) is 3.41. The molecule has 0 aliphatic carbocycles. The van der Waals surface area contributed by atoms with Crippen molar-refractivity contribution in [3.8, 4) is 0 Å². The Balaban J connectivity index is 1.60. The first-order chi connectivity index (χ1) is 10.2. The van der Waals surface area contributed by atoms with E-state index in [0.717, 1.165) is 37.5 Å². The van der Waals surface area contributed by atoms with Crippen molar-refractivity contribution in [2.45, 2.75) is 38.8 Å². The van der Waals surface area contributed by atoms with Crippen LogP contribution in [0.3, 0.4) is 0 Å². The number of aryl methyl sites for hydroxylation is 1. The number of carbonyl (C=O) groups is 1. The summed E-state index contributed by atoms with van der Waals surface area (Å²) in [5.74, 6) is -0.198. The number of anilines is 1. The van der Waals surface area contributed by atoms with Crippen LogP contribution in [-0.4, -0.2) is 38.0 Å². The Morgan fingerprint density at radius 1 is 1.57 bits per heavy atom. The molecule has 2 aromatic rings. The molecule has 0 bridgehead atoms. The predicted molar refractivity (Wildman–Crippen MR) is 78.4 cm³/mol. The molecule has 1 saturated heterocycles. The summed E-state index contributed by atoms with van der Waals surface area (Å²) in [6, 6.07) is 0. The second-order valence-electron chi connectivity index (χ2n) is 5.08. The average Bonchev–Trinajstić information content (AvgIpc) is 3.09. The third-order valence-corrected chi connectivity index (χ3v) is 4.24. The fourth-order valence-electron chi connectivity index (χ4n) is 2.32. The van der Waals surface area contributed by atoms with Crippen LogP contribution in [0.2, 0.25) is 0 Å². The van der Waals surface area contributed by atoms with Crippen LogP contribution < -0.4 is 5.32 Å². The van der Waals surface area contributed by atoms with Crippen molar-refractivity contribution in [1.82, 2.24) is 19.4 Å². The molecule has 1 aliphatic rings. The Kier molecular flexibility index (Phi) is 4.26. The van der Waals surface area contributed by atoms with Crippen molar-refractivity contribution in [2.75, 3.05) is 11.9 Å². The number of amides is 1. The highest BCUT2D eigenvalue weighted by atomic mass is 32.1. The van der Waals surface area contributed by atoms with Crippen LogP contribution in [0.15, 0.2) is 12.4 Å². The molecular weight excluding hydrogens is 290 g/mol. The number of ether oxygens (including phenoxy) is 1. The summed E-state index contributed by atoms with van der Waals surface area (Å²) in [6.45, 7) is 3.31. The lowest BCUT2D eigenvalue weighted by Crippen LogP contribution is -2.24.